The highest BCUT2D eigenvalue weighted by molar-refractivity contribution is 7.09. The number of aliphatic carboxylic acids is 1. The Morgan fingerprint density at radius 1 is 1.45 bits per heavy atom. The highest BCUT2D eigenvalue weighted by atomic mass is 32.1. The molecule has 2 N–H and O–H groups in total. The molecular weight excluding hydrogens is 280 g/mol. The van der Waals surface area contributed by atoms with Crippen LogP contribution in [0.4, 0.5) is 0 Å². The van der Waals surface area contributed by atoms with Crippen LogP contribution in [0.5, 0.6) is 0 Å². The molecule has 0 saturated heterocycles. The van der Waals surface area contributed by atoms with Crippen molar-refractivity contribution in [2.45, 2.75) is 32.6 Å². The number of rotatable bonds is 10. The van der Waals surface area contributed by atoms with E-state index in [2.05, 4.69) is 10.3 Å². The maximum absolute atomic E-state index is 11.3. The number of nitrogens with zero attached hydrogens (tertiary/aromatic N) is 1. The summed E-state index contributed by atoms with van der Waals surface area (Å²) in [6, 6.07) is 0. The Morgan fingerprint density at radius 2 is 2.25 bits per heavy atom. The molecule has 0 spiro atoms. The predicted molar refractivity (Wildman–Crippen MR) is 75.9 cm³/mol. The molecule has 1 aromatic heterocycles. The molecule has 0 amide bonds. The number of nitrogens with one attached hydrogen (secondary N) is 1. The standard InChI is InChI=1S/C13H20N2O4S/c1-2-19-13(18)8-10-9-20-11(15-10)5-7-14-6-3-4-12(16)17/h9,14H,2-8H2,1H3,(H,16,17). The first kappa shape index (κ1) is 16.6. The van der Waals surface area contributed by atoms with Crippen LogP contribution in [0.25, 0.3) is 0 Å². The molecule has 0 saturated carbocycles. The molecule has 0 aliphatic rings. The number of thiazole rings is 1. The molecule has 1 heterocycles. The van der Waals surface area contributed by atoms with Crippen molar-refractivity contribution in [3.63, 3.8) is 0 Å². The van der Waals surface area contributed by atoms with Gasteiger partial charge in [0.05, 0.1) is 23.7 Å². The van der Waals surface area contributed by atoms with E-state index in [0.717, 1.165) is 23.7 Å². The Balaban J connectivity index is 2.17. The van der Waals surface area contributed by atoms with Crippen molar-refractivity contribution < 1.29 is 19.4 Å². The molecule has 0 bridgehead atoms. The van der Waals surface area contributed by atoms with Crippen molar-refractivity contribution in [2.75, 3.05) is 19.7 Å². The van der Waals surface area contributed by atoms with Gasteiger partial charge in [-0.15, -0.1) is 11.3 Å². The lowest BCUT2D eigenvalue weighted by molar-refractivity contribution is -0.142. The molecule has 0 fully saturated rings. The fourth-order valence-electron chi connectivity index (χ4n) is 1.59. The molecule has 0 aliphatic heterocycles. The second-order valence-corrected chi connectivity index (χ2v) is 5.15. The summed E-state index contributed by atoms with van der Waals surface area (Å²) in [5.41, 5.74) is 0.745. The van der Waals surface area contributed by atoms with Gasteiger partial charge in [-0.3, -0.25) is 9.59 Å². The van der Waals surface area contributed by atoms with E-state index in [0.29, 0.717) is 19.6 Å². The lowest BCUT2D eigenvalue weighted by atomic mass is 10.3. The van der Waals surface area contributed by atoms with Crippen LogP contribution in [0.2, 0.25) is 0 Å². The number of ether oxygens (including phenoxy) is 1. The molecule has 6 nitrogen and oxygen atoms in total. The largest absolute Gasteiger partial charge is 0.481 e. The minimum absolute atomic E-state index is 0.188. The monoisotopic (exact) mass is 300 g/mol. The molecule has 112 valence electrons. The quantitative estimate of drug-likeness (QED) is 0.499. The minimum atomic E-state index is -0.768. The first-order chi connectivity index (χ1) is 9.61. The van der Waals surface area contributed by atoms with Crippen LogP contribution in [0.3, 0.4) is 0 Å². The smallest absolute Gasteiger partial charge is 0.311 e. The van der Waals surface area contributed by atoms with Crippen molar-refractivity contribution in [1.29, 1.82) is 0 Å². The topological polar surface area (TPSA) is 88.5 Å². The number of hydrogen-bond donors (Lipinski definition) is 2. The Bertz CT molecular complexity index is 434. The SMILES string of the molecule is CCOC(=O)Cc1csc(CCNCCCC(=O)O)n1. The van der Waals surface area contributed by atoms with Gasteiger partial charge in [0.25, 0.3) is 0 Å². The molecule has 1 rings (SSSR count). The van der Waals surface area contributed by atoms with Crippen molar-refractivity contribution in [3.8, 4) is 0 Å². The third-order valence-electron chi connectivity index (χ3n) is 2.49. The van der Waals surface area contributed by atoms with Gasteiger partial charge >= 0.3 is 11.9 Å². The second-order valence-electron chi connectivity index (χ2n) is 4.21. The van der Waals surface area contributed by atoms with E-state index >= 15 is 0 Å². The summed E-state index contributed by atoms with van der Waals surface area (Å²) in [4.78, 5) is 26.0. The summed E-state index contributed by atoms with van der Waals surface area (Å²) >= 11 is 1.53. The highest BCUT2D eigenvalue weighted by Crippen LogP contribution is 2.11. The fraction of sp³-hybridized carbons (Fsp3) is 0.615. The summed E-state index contributed by atoms with van der Waals surface area (Å²) in [5, 5.41) is 14.5. The zero-order chi connectivity index (χ0) is 14.8. The molecule has 0 unspecified atom stereocenters. The van der Waals surface area contributed by atoms with E-state index in [9.17, 15) is 9.59 Å². The second kappa shape index (κ2) is 9.44. The molecule has 7 heteroatoms. The lowest BCUT2D eigenvalue weighted by Crippen LogP contribution is -2.19. The molecule has 0 aliphatic carbocycles. The Kier molecular flexibility index (Phi) is 7.82. The summed E-state index contributed by atoms with van der Waals surface area (Å²) in [6.07, 6.45) is 1.81. The number of carbonyl (C=O) groups excluding carboxylic acids is 1. The fourth-order valence-corrected chi connectivity index (χ4v) is 2.39. The first-order valence-corrected chi connectivity index (χ1v) is 7.51. The van der Waals surface area contributed by atoms with Gasteiger partial charge in [-0.05, 0) is 19.9 Å². The van der Waals surface area contributed by atoms with Crippen LogP contribution in [0.1, 0.15) is 30.5 Å². The van der Waals surface area contributed by atoms with Gasteiger partial charge in [-0.1, -0.05) is 0 Å². The van der Waals surface area contributed by atoms with Gasteiger partial charge in [-0.25, -0.2) is 4.98 Å². The molecular formula is C13H20N2O4S. The number of aromatic nitrogens is 1. The normalized spacial score (nSPS) is 10.4. The average Bonchev–Trinajstić information content (AvgIpc) is 2.81. The predicted octanol–water partition coefficient (Wildman–Crippen LogP) is 1.25. The summed E-state index contributed by atoms with van der Waals surface area (Å²) in [6.45, 7) is 3.61. The summed E-state index contributed by atoms with van der Waals surface area (Å²) in [7, 11) is 0. The Hall–Kier alpha value is -1.47. The summed E-state index contributed by atoms with van der Waals surface area (Å²) < 4.78 is 4.87. The van der Waals surface area contributed by atoms with Crippen LogP contribution in [0, 0.1) is 0 Å². The van der Waals surface area contributed by atoms with Gasteiger partial charge < -0.3 is 15.2 Å². The minimum Gasteiger partial charge on any atom is -0.481 e. The van der Waals surface area contributed by atoms with E-state index in [1.54, 1.807) is 6.92 Å². The van der Waals surface area contributed by atoms with Crippen molar-refractivity contribution in [3.05, 3.63) is 16.1 Å². The zero-order valence-corrected chi connectivity index (χ0v) is 12.4. The van der Waals surface area contributed by atoms with Crippen LogP contribution in [0.15, 0.2) is 5.38 Å². The zero-order valence-electron chi connectivity index (χ0n) is 11.6. The number of carboxylic acids is 1. The number of carboxylic acid groups (broad SMARTS) is 1. The molecule has 1 aromatic rings. The summed E-state index contributed by atoms with van der Waals surface area (Å²) in [5.74, 6) is -1.02. The molecule has 0 aromatic carbocycles. The molecule has 0 atom stereocenters. The maximum atomic E-state index is 11.3. The van der Waals surface area contributed by atoms with E-state index in [1.807, 2.05) is 5.38 Å². The van der Waals surface area contributed by atoms with Crippen molar-refractivity contribution in [2.24, 2.45) is 0 Å². The van der Waals surface area contributed by atoms with Crippen LogP contribution in [-0.4, -0.2) is 41.7 Å². The van der Waals surface area contributed by atoms with Gasteiger partial charge in [0.1, 0.15) is 0 Å². The van der Waals surface area contributed by atoms with Gasteiger partial charge in [0.2, 0.25) is 0 Å². The van der Waals surface area contributed by atoms with Crippen LogP contribution >= 0.6 is 11.3 Å². The van der Waals surface area contributed by atoms with Gasteiger partial charge in [0, 0.05) is 24.8 Å². The number of hydrogen-bond acceptors (Lipinski definition) is 6. The lowest BCUT2D eigenvalue weighted by Gasteiger charge is -2.01. The van der Waals surface area contributed by atoms with Gasteiger partial charge in [-0.2, -0.15) is 0 Å². The number of carbonyl (C=O) groups is 2. The third kappa shape index (κ3) is 7.20. The van der Waals surface area contributed by atoms with Crippen molar-refractivity contribution >= 4 is 23.3 Å². The highest BCUT2D eigenvalue weighted by Gasteiger charge is 2.08. The van der Waals surface area contributed by atoms with E-state index in [-0.39, 0.29) is 18.8 Å². The van der Waals surface area contributed by atoms with E-state index < -0.39 is 5.97 Å². The molecule has 20 heavy (non-hydrogen) atoms. The Labute approximate surface area is 122 Å². The maximum Gasteiger partial charge on any atom is 0.311 e. The Morgan fingerprint density at radius 3 is 2.95 bits per heavy atom. The van der Waals surface area contributed by atoms with Crippen molar-refractivity contribution in [1.82, 2.24) is 10.3 Å². The van der Waals surface area contributed by atoms with Crippen LogP contribution in [-0.2, 0) is 27.2 Å². The van der Waals surface area contributed by atoms with Gasteiger partial charge in [0.15, 0.2) is 0 Å². The van der Waals surface area contributed by atoms with E-state index in [1.165, 1.54) is 11.3 Å². The van der Waals surface area contributed by atoms with Crippen LogP contribution < -0.4 is 5.32 Å². The molecule has 0 radical (unpaired) electrons. The number of esters is 1. The van der Waals surface area contributed by atoms with E-state index in [4.69, 9.17) is 9.84 Å². The first-order valence-electron chi connectivity index (χ1n) is 6.63. The third-order valence-corrected chi connectivity index (χ3v) is 3.45. The average molecular weight is 300 g/mol.